The Morgan fingerprint density at radius 1 is 1.21 bits per heavy atom. The molecule has 1 unspecified atom stereocenters. The normalized spacial score (nSPS) is 19.2. The topological polar surface area (TPSA) is 86.2 Å². The molecule has 0 bridgehead atoms. The molecule has 2 heterocycles. The van der Waals surface area contributed by atoms with Crippen molar-refractivity contribution in [2.75, 3.05) is 19.0 Å². The number of hydrogen-bond acceptors (Lipinski definition) is 6. The second-order valence-corrected chi connectivity index (χ2v) is 8.18. The van der Waals surface area contributed by atoms with Crippen LogP contribution in [0.2, 0.25) is 0 Å². The number of anilines is 1. The van der Waals surface area contributed by atoms with Crippen molar-refractivity contribution in [3.8, 4) is 5.75 Å². The van der Waals surface area contributed by atoms with Crippen molar-refractivity contribution < 1.29 is 23.0 Å². The van der Waals surface area contributed by atoms with E-state index >= 15 is 0 Å². The lowest BCUT2D eigenvalue weighted by molar-refractivity contribution is -0.117. The summed E-state index contributed by atoms with van der Waals surface area (Å²) in [5.74, 6) is -0.335. The first kappa shape index (κ1) is 22.7. The molecule has 1 saturated carbocycles. The molecule has 3 aromatic rings. The van der Waals surface area contributed by atoms with Crippen LogP contribution >= 0.6 is 0 Å². The summed E-state index contributed by atoms with van der Waals surface area (Å²) < 4.78 is 38.8. The number of carbonyl (C=O) groups excluding carboxylic acids is 1. The molecule has 1 aromatic carbocycles. The summed E-state index contributed by atoms with van der Waals surface area (Å²) in [7, 11) is 1.56. The monoisotopic (exact) mass is 454 g/mol. The molecule has 4 rings (SSSR count). The molecule has 1 amide bonds. The molecule has 33 heavy (non-hydrogen) atoms. The number of carbonyl (C=O) groups is 1. The molecule has 0 spiro atoms. The Hall–Kier alpha value is -3.46. The molecule has 1 fully saturated rings. The first-order chi connectivity index (χ1) is 15.8. The summed E-state index contributed by atoms with van der Waals surface area (Å²) in [4.78, 5) is 25.5. The molecule has 1 aliphatic carbocycles. The number of pyridine rings is 1. The minimum Gasteiger partial charge on any atom is -0.489 e. The zero-order valence-corrected chi connectivity index (χ0v) is 18.6. The predicted molar refractivity (Wildman–Crippen MR) is 117 cm³/mol. The highest BCUT2D eigenvalue weighted by atomic mass is 19.1. The Balaban J connectivity index is 1.58. The largest absolute Gasteiger partial charge is 0.489 e. The zero-order chi connectivity index (χ0) is 23.6. The molecular weight excluding hydrogens is 430 g/mol. The SMILES string of the molecule is COCc1nc(C)ncc1OC[C@@]1(c2cccc(F)c2)CC1C(=O)Nc1cc(C)c(F)cn1. The van der Waals surface area contributed by atoms with Gasteiger partial charge in [0.1, 0.15) is 29.0 Å². The van der Waals surface area contributed by atoms with Gasteiger partial charge in [0.05, 0.1) is 31.5 Å². The minimum absolute atomic E-state index is 0.119. The van der Waals surface area contributed by atoms with E-state index in [1.54, 1.807) is 39.3 Å². The Kier molecular flexibility index (Phi) is 6.33. The van der Waals surface area contributed by atoms with E-state index in [-0.39, 0.29) is 24.9 Å². The van der Waals surface area contributed by atoms with Crippen molar-refractivity contribution in [1.82, 2.24) is 15.0 Å². The van der Waals surface area contributed by atoms with Crippen LogP contribution in [-0.2, 0) is 21.6 Å². The van der Waals surface area contributed by atoms with Gasteiger partial charge in [-0.15, -0.1) is 0 Å². The van der Waals surface area contributed by atoms with E-state index in [0.29, 0.717) is 34.8 Å². The van der Waals surface area contributed by atoms with Gasteiger partial charge in [-0.2, -0.15) is 0 Å². The fraction of sp³-hybridized carbons (Fsp3) is 0.333. The molecule has 1 aliphatic rings. The molecule has 0 saturated heterocycles. The van der Waals surface area contributed by atoms with Crippen molar-refractivity contribution in [2.24, 2.45) is 5.92 Å². The highest BCUT2D eigenvalue weighted by molar-refractivity contribution is 5.95. The maximum Gasteiger partial charge on any atom is 0.229 e. The molecule has 172 valence electrons. The fourth-order valence-corrected chi connectivity index (χ4v) is 3.90. The Labute approximate surface area is 190 Å². The first-order valence-corrected chi connectivity index (χ1v) is 10.5. The van der Waals surface area contributed by atoms with Crippen molar-refractivity contribution in [1.29, 1.82) is 0 Å². The lowest BCUT2D eigenvalue weighted by Gasteiger charge is -2.20. The van der Waals surface area contributed by atoms with Gasteiger partial charge in [0, 0.05) is 12.5 Å². The van der Waals surface area contributed by atoms with Crippen LogP contribution in [0, 0.1) is 31.4 Å². The first-order valence-electron chi connectivity index (χ1n) is 10.5. The summed E-state index contributed by atoms with van der Waals surface area (Å²) in [5, 5.41) is 2.74. The number of benzene rings is 1. The van der Waals surface area contributed by atoms with Gasteiger partial charge < -0.3 is 14.8 Å². The van der Waals surface area contributed by atoms with E-state index in [1.165, 1.54) is 18.2 Å². The third-order valence-electron chi connectivity index (χ3n) is 5.81. The maximum absolute atomic E-state index is 14.0. The molecule has 2 atom stereocenters. The molecule has 9 heteroatoms. The number of methoxy groups -OCH3 is 1. The van der Waals surface area contributed by atoms with Crippen molar-refractivity contribution >= 4 is 11.7 Å². The third-order valence-corrected chi connectivity index (χ3v) is 5.81. The summed E-state index contributed by atoms with van der Waals surface area (Å²) >= 11 is 0. The molecule has 0 radical (unpaired) electrons. The lowest BCUT2D eigenvalue weighted by Crippen LogP contribution is -2.27. The number of nitrogens with zero attached hydrogens (tertiary/aromatic N) is 3. The second-order valence-electron chi connectivity index (χ2n) is 8.18. The van der Waals surface area contributed by atoms with Gasteiger partial charge in [0.2, 0.25) is 5.91 Å². The van der Waals surface area contributed by atoms with E-state index in [0.717, 1.165) is 6.20 Å². The summed E-state index contributed by atoms with van der Waals surface area (Å²) in [5.41, 5.74) is 0.886. The van der Waals surface area contributed by atoms with Crippen LogP contribution in [0.3, 0.4) is 0 Å². The van der Waals surface area contributed by atoms with E-state index in [1.807, 2.05) is 0 Å². The number of aromatic nitrogens is 3. The maximum atomic E-state index is 14.0. The molecule has 1 N–H and O–H groups in total. The Bertz CT molecular complexity index is 1190. The van der Waals surface area contributed by atoms with Gasteiger partial charge in [-0.3, -0.25) is 4.79 Å². The van der Waals surface area contributed by atoms with Gasteiger partial charge in [-0.25, -0.2) is 23.7 Å². The Morgan fingerprint density at radius 3 is 2.76 bits per heavy atom. The van der Waals surface area contributed by atoms with Crippen molar-refractivity contribution in [2.45, 2.75) is 32.3 Å². The second kappa shape index (κ2) is 9.19. The standard InChI is InChI=1S/C24H24F2N4O3/c1-14-7-22(28-10-19(14)26)30-23(31)18-9-24(18,16-5-4-6-17(25)8-16)13-33-21-11-27-15(2)29-20(21)12-32-3/h4-8,10-11,18H,9,12-13H2,1-3H3,(H,28,30,31)/t18?,24-/m1/s1. The van der Waals surface area contributed by atoms with Crippen LogP contribution in [0.25, 0.3) is 0 Å². The highest BCUT2D eigenvalue weighted by Gasteiger charge is 2.60. The van der Waals surface area contributed by atoms with Crippen LogP contribution in [0.4, 0.5) is 14.6 Å². The minimum atomic E-state index is -0.740. The smallest absolute Gasteiger partial charge is 0.229 e. The van der Waals surface area contributed by atoms with Gasteiger partial charge in [-0.1, -0.05) is 12.1 Å². The average molecular weight is 454 g/mol. The number of rotatable bonds is 8. The summed E-state index contributed by atoms with van der Waals surface area (Å²) in [6.45, 7) is 3.72. The van der Waals surface area contributed by atoms with E-state index in [2.05, 4.69) is 20.3 Å². The van der Waals surface area contributed by atoms with Gasteiger partial charge >= 0.3 is 0 Å². The molecular formula is C24H24F2N4O3. The van der Waals surface area contributed by atoms with Gasteiger partial charge in [0.15, 0.2) is 5.75 Å². The lowest BCUT2D eigenvalue weighted by atomic mass is 9.93. The molecule has 2 aromatic heterocycles. The predicted octanol–water partition coefficient (Wildman–Crippen LogP) is 3.89. The summed E-state index contributed by atoms with van der Waals surface area (Å²) in [6, 6.07) is 7.62. The third kappa shape index (κ3) is 4.83. The van der Waals surface area contributed by atoms with Crippen LogP contribution in [0.15, 0.2) is 42.7 Å². The molecule has 7 nitrogen and oxygen atoms in total. The number of halogens is 2. The number of aryl methyl sites for hydroxylation is 2. The quantitative estimate of drug-likeness (QED) is 0.556. The highest BCUT2D eigenvalue weighted by Crippen LogP contribution is 2.55. The van der Waals surface area contributed by atoms with Crippen molar-refractivity contribution in [3.05, 3.63) is 77.0 Å². The van der Waals surface area contributed by atoms with Crippen LogP contribution in [0.1, 0.15) is 29.1 Å². The Morgan fingerprint density at radius 2 is 2.03 bits per heavy atom. The summed E-state index contributed by atoms with van der Waals surface area (Å²) in [6.07, 6.45) is 3.09. The van der Waals surface area contributed by atoms with Gasteiger partial charge in [0.25, 0.3) is 0 Å². The zero-order valence-electron chi connectivity index (χ0n) is 18.6. The number of hydrogen-bond donors (Lipinski definition) is 1. The fourth-order valence-electron chi connectivity index (χ4n) is 3.90. The van der Waals surface area contributed by atoms with Crippen molar-refractivity contribution in [3.63, 3.8) is 0 Å². The van der Waals surface area contributed by atoms with Crippen LogP contribution in [-0.4, -0.2) is 34.6 Å². The van der Waals surface area contributed by atoms with Gasteiger partial charge in [-0.05, 0) is 49.6 Å². The average Bonchev–Trinajstić information content (AvgIpc) is 3.52. The van der Waals surface area contributed by atoms with E-state index in [9.17, 15) is 13.6 Å². The number of amides is 1. The molecule has 0 aliphatic heterocycles. The van der Waals surface area contributed by atoms with E-state index in [4.69, 9.17) is 9.47 Å². The van der Waals surface area contributed by atoms with E-state index < -0.39 is 23.0 Å². The van der Waals surface area contributed by atoms with Crippen LogP contribution in [0.5, 0.6) is 5.75 Å². The van der Waals surface area contributed by atoms with Crippen LogP contribution < -0.4 is 10.1 Å². The number of ether oxygens (including phenoxy) is 2. The number of nitrogens with one attached hydrogen (secondary N) is 1.